The molecule has 0 aromatic rings. The monoisotopic (exact) mass is 357 g/mol. The largest absolute Gasteiger partial charge is 0.0654 e. The van der Waals surface area contributed by atoms with E-state index in [0.29, 0.717) is 0 Å². The van der Waals surface area contributed by atoms with Crippen LogP contribution in [0.5, 0.6) is 0 Å². The van der Waals surface area contributed by atoms with Crippen LogP contribution in [0.1, 0.15) is 80.1 Å². The molecule has 0 N–H and O–H groups in total. The predicted octanol–water partition coefficient (Wildman–Crippen LogP) is 5.04. The molecule has 93 valence electrons. The Morgan fingerprint density at radius 3 is 0.500 bits per heavy atom. The number of unbranched alkanes of at least 4 members (excludes halogenated alkanes) is 3. The SMILES string of the molecule is CCCC.CCCC.CCCC.[Cu].[Sn]. The van der Waals surface area contributed by atoms with Gasteiger partial charge in [0.1, 0.15) is 0 Å². The smallest absolute Gasteiger partial charge is 0 e. The van der Waals surface area contributed by atoms with E-state index in [4.69, 9.17) is 0 Å². The molecule has 5 radical (unpaired) electrons. The fourth-order valence-corrected chi connectivity index (χ4v) is 0. The molecule has 0 fully saturated rings. The molecule has 0 rings (SSSR count). The summed E-state index contributed by atoms with van der Waals surface area (Å²) in [7, 11) is 0. The Kier molecular flexibility index (Phi) is 99.9. The summed E-state index contributed by atoms with van der Waals surface area (Å²) in [6, 6.07) is 0. The van der Waals surface area contributed by atoms with Gasteiger partial charge < -0.3 is 0 Å². The van der Waals surface area contributed by atoms with Crippen molar-refractivity contribution in [1.82, 2.24) is 0 Å². The summed E-state index contributed by atoms with van der Waals surface area (Å²) in [5.41, 5.74) is 0. The third-order valence-corrected chi connectivity index (χ3v) is 1.50. The second-order valence-electron chi connectivity index (χ2n) is 3.00. The molecule has 0 heterocycles. The zero-order valence-electron chi connectivity index (χ0n) is 11.0. The minimum atomic E-state index is 0. The third-order valence-electron chi connectivity index (χ3n) is 1.50. The van der Waals surface area contributed by atoms with Crippen LogP contribution < -0.4 is 0 Å². The van der Waals surface area contributed by atoms with Gasteiger partial charge in [0.25, 0.3) is 0 Å². The first-order chi connectivity index (χ1) is 5.74. The molecule has 0 amide bonds. The van der Waals surface area contributed by atoms with Crippen LogP contribution in [-0.4, -0.2) is 23.9 Å². The van der Waals surface area contributed by atoms with Crippen molar-refractivity contribution in [2.45, 2.75) is 80.1 Å². The Bertz CT molecular complexity index is 25.8. The molecule has 0 atom stereocenters. The maximum absolute atomic E-state index is 2.18. The first kappa shape index (κ1) is 29.5. The van der Waals surface area contributed by atoms with Crippen molar-refractivity contribution in [2.75, 3.05) is 0 Å². The van der Waals surface area contributed by atoms with E-state index in [0.717, 1.165) is 0 Å². The first-order valence-corrected chi connectivity index (χ1v) is 5.74. The van der Waals surface area contributed by atoms with Crippen molar-refractivity contribution in [1.29, 1.82) is 0 Å². The summed E-state index contributed by atoms with van der Waals surface area (Å²) in [5, 5.41) is 0. The third kappa shape index (κ3) is 108. The van der Waals surface area contributed by atoms with Gasteiger partial charge in [-0.15, -0.1) is 0 Å². The molecule has 0 aromatic carbocycles. The summed E-state index contributed by atoms with van der Waals surface area (Å²) in [5.74, 6) is 0. The van der Waals surface area contributed by atoms with Crippen LogP contribution in [0.15, 0.2) is 0 Å². The molecule has 0 bridgehead atoms. The Balaban J connectivity index is -0.0000000270. The second-order valence-corrected chi connectivity index (χ2v) is 3.00. The molecule has 0 aromatic heterocycles. The van der Waals surface area contributed by atoms with E-state index >= 15 is 0 Å². The minimum absolute atomic E-state index is 0. The second kappa shape index (κ2) is 47.4. The Morgan fingerprint density at radius 2 is 0.500 bits per heavy atom. The Hall–Kier alpha value is 1.32. The van der Waals surface area contributed by atoms with Gasteiger partial charge in [-0.3, -0.25) is 0 Å². The van der Waals surface area contributed by atoms with Gasteiger partial charge >= 0.3 is 0 Å². The summed E-state index contributed by atoms with van der Waals surface area (Å²) < 4.78 is 0. The molecule has 0 unspecified atom stereocenters. The molecule has 0 aliphatic heterocycles. The van der Waals surface area contributed by atoms with Gasteiger partial charge in [-0.2, -0.15) is 0 Å². The van der Waals surface area contributed by atoms with E-state index in [1.165, 1.54) is 38.5 Å². The number of hydrogen-bond donors (Lipinski definition) is 0. The normalized spacial score (nSPS) is 6.43. The van der Waals surface area contributed by atoms with E-state index in [2.05, 4.69) is 41.5 Å². The summed E-state index contributed by atoms with van der Waals surface area (Å²) >= 11 is 0. The number of rotatable bonds is 3. The average Bonchev–Trinajstić information content (AvgIpc) is 2.18. The van der Waals surface area contributed by atoms with Gasteiger partial charge in [0.05, 0.1) is 0 Å². The van der Waals surface area contributed by atoms with Gasteiger partial charge in [0.15, 0.2) is 0 Å². The van der Waals surface area contributed by atoms with Crippen LogP contribution in [0.2, 0.25) is 0 Å². The van der Waals surface area contributed by atoms with Crippen molar-refractivity contribution in [3.05, 3.63) is 0 Å². The Labute approximate surface area is 120 Å². The predicted molar refractivity (Wildman–Crippen MR) is 67.5 cm³/mol. The topological polar surface area (TPSA) is 0 Å². The number of hydrogen-bond acceptors (Lipinski definition) is 0. The van der Waals surface area contributed by atoms with Crippen LogP contribution in [0.3, 0.4) is 0 Å². The summed E-state index contributed by atoms with van der Waals surface area (Å²) in [4.78, 5) is 0. The molecular weight excluding hydrogens is 326 g/mol. The quantitative estimate of drug-likeness (QED) is 0.622. The standard InChI is InChI=1S/3C4H10.Cu.Sn/c3*1-3-4-2;;/h3*3-4H2,1-2H3;;. The van der Waals surface area contributed by atoms with E-state index in [1.807, 2.05) is 0 Å². The van der Waals surface area contributed by atoms with Crippen LogP contribution in [-0.2, 0) is 17.1 Å². The zero-order valence-corrected chi connectivity index (χ0v) is 14.8. The van der Waals surface area contributed by atoms with Crippen molar-refractivity contribution in [3.8, 4) is 0 Å². The maximum Gasteiger partial charge on any atom is 0 e. The molecule has 0 spiro atoms. The molecule has 0 nitrogen and oxygen atoms in total. The van der Waals surface area contributed by atoms with Crippen LogP contribution in [0, 0.1) is 0 Å². The average molecular weight is 357 g/mol. The molecule has 0 saturated heterocycles. The molecular formula is C12H30CuSn. The van der Waals surface area contributed by atoms with Gasteiger partial charge in [-0.25, -0.2) is 0 Å². The van der Waals surface area contributed by atoms with E-state index in [9.17, 15) is 0 Å². The Morgan fingerprint density at radius 1 is 0.429 bits per heavy atom. The van der Waals surface area contributed by atoms with Crippen molar-refractivity contribution < 1.29 is 17.1 Å². The van der Waals surface area contributed by atoms with E-state index < -0.39 is 0 Å². The fraction of sp³-hybridized carbons (Fsp3) is 1.00. The van der Waals surface area contributed by atoms with Gasteiger partial charge in [-0.1, -0.05) is 80.1 Å². The van der Waals surface area contributed by atoms with Gasteiger partial charge in [0, 0.05) is 41.0 Å². The molecule has 14 heavy (non-hydrogen) atoms. The summed E-state index contributed by atoms with van der Waals surface area (Å²) in [6.45, 7) is 13.1. The van der Waals surface area contributed by atoms with Crippen molar-refractivity contribution >= 4 is 23.9 Å². The molecule has 2 heteroatoms. The zero-order chi connectivity index (χ0) is 10.2. The minimum Gasteiger partial charge on any atom is -0.0654 e. The fourth-order valence-electron chi connectivity index (χ4n) is 0. The van der Waals surface area contributed by atoms with Gasteiger partial charge in [-0.05, 0) is 0 Å². The molecule has 0 aliphatic rings. The van der Waals surface area contributed by atoms with Crippen LogP contribution in [0.25, 0.3) is 0 Å². The first-order valence-electron chi connectivity index (χ1n) is 5.74. The van der Waals surface area contributed by atoms with Crippen LogP contribution >= 0.6 is 0 Å². The van der Waals surface area contributed by atoms with Crippen LogP contribution in [0.4, 0.5) is 0 Å². The summed E-state index contributed by atoms with van der Waals surface area (Å²) in [6.07, 6.45) is 7.92. The van der Waals surface area contributed by atoms with Gasteiger partial charge in [0.2, 0.25) is 0 Å². The molecule has 0 aliphatic carbocycles. The maximum atomic E-state index is 2.18. The van der Waals surface area contributed by atoms with Crippen molar-refractivity contribution in [3.63, 3.8) is 0 Å². The molecule has 0 saturated carbocycles. The van der Waals surface area contributed by atoms with Crippen molar-refractivity contribution in [2.24, 2.45) is 0 Å². The van der Waals surface area contributed by atoms with E-state index in [-0.39, 0.29) is 41.0 Å². The van der Waals surface area contributed by atoms with E-state index in [1.54, 1.807) is 0 Å².